The van der Waals surface area contributed by atoms with E-state index in [1.807, 2.05) is 13.8 Å². The van der Waals surface area contributed by atoms with E-state index in [-0.39, 0.29) is 12.0 Å². The van der Waals surface area contributed by atoms with Gasteiger partial charge in [0.15, 0.2) is 0 Å². The lowest BCUT2D eigenvalue weighted by atomic mass is 9.98. The first-order valence-electron chi connectivity index (χ1n) is 6.51. The second-order valence-corrected chi connectivity index (χ2v) is 4.76. The topological polar surface area (TPSA) is 31.2 Å². The van der Waals surface area contributed by atoms with Crippen molar-refractivity contribution in [1.82, 2.24) is 4.57 Å². The zero-order valence-electron chi connectivity index (χ0n) is 11.0. The maximum atomic E-state index is 11.8. The molecule has 0 bridgehead atoms. The molecule has 0 amide bonds. The van der Waals surface area contributed by atoms with Gasteiger partial charge in [0.2, 0.25) is 0 Å². The molecule has 0 radical (unpaired) electrons. The Bertz CT molecular complexity index is 420. The largest absolute Gasteiger partial charge is 0.464 e. The number of hydrogen-bond acceptors (Lipinski definition) is 2. The van der Waals surface area contributed by atoms with E-state index >= 15 is 0 Å². The minimum Gasteiger partial charge on any atom is -0.464 e. The molecule has 0 saturated heterocycles. The van der Waals surface area contributed by atoms with E-state index in [0.717, 1.165) is 12.8 Å². The molecular formula is C14H21NO2. The Balaban J connectivity index is 2.31. The molecule has 1 atom stereocenters. The van der Waals surface area contributed by atoms with Crippen molar-refractivity contribution in [3.8, 4) is 0 Å². The molecule has 2 rings (SSSR count). The van der Waals surface area contributed by atoms with E-state index in [2.05, 4.69) is 17.6 Å². The Morgan fingerprint density at radius 1 is 1.47 bits per heavy atom. The maximum Gasteiger partial charge on any atom is 0.328 e. The highest BCUT2D eigenvalue weighted by Gasteiger charge is 2.24. The number of carbonyl (C=O) groups is 1. The van der Waals surface area contributed by atoms with Gasteiger partial charge in [-0.05, 0) is 58.1 Å². The van der Waals surface area contributed by atoms with Gasteiger partial charge in [0.25, 0.3) is 0 Å². The maximum absolute atomic E-state index is 11.8. The van der Waals surface area contributed by atoms with Gasteiger partial charge in [-0.3, -0.25) is 0 Å². The van der Waals surface area contributed by atoms with Crippen LogP contribution in [0.15, 0.2) is 6.07 Å². The second-order valence-electron chi connectivity index (χ2n) is 4.76. The van der Waals surface area contributed by atoms with Crippen molar-refractivity contribution in [2.75, 3.05) is 6.61 Å². The summed E-state index contributed by atoms with van der Waals surface area (Å²) in [6, 6.07) is 2.03. The van der Waals surface area contributed by atoms with Crippen molar-refractivity contribution in [3.63, 3.8) is 0 Å². The highest BCUT2D eigenvalue weighted by molar-refractivity contribution is 5.74. The molecule has 0 fully saturated rings. The predicted octanol–water partition coefficient (Wildman–Crippen LogP) is 2.80. The van der Waals surface area contributed by atoms with Crippen LogP contribution in [-0.2, 0) is 22.4 Å². The molecule has 94 valence electrons. The average molecular weight is 235 g/mol. The van der Waals surface area contributed by atoms with Crippen LogP contribution in [0.2, 0.25) is 0 Å². The van der Waals surface area contributed by atoms with E-state index in [9.17, 15) is 4.79 Å². The zero-order valence-corrected chi connectivity index (χ0v) is 11.0. The molecule has 0 aromatic carbocycles. The normalized spacial score (nSPS) is 16.4. The van der Waals surface area contributed by atoms with Crippen LogP contribution < -0.4 is 0 Å². The number of carbonyl (C=O) groups excluding carboxylic acids is 1. The molecule has 0 saturated carbocycles. The molecule has 1 aromatic heterocycles. The number of nitrogens with zero attached hydrogens (tertiary/aromatic N) is 1. The summed E-state index contributed by atoms with van der Waals surface area (Å²) in [6.45, 7) is 6.31. The summed E-state index contributed by atoms with van der Waals surface area (Å²) < 4.78 is 7.27. The van der Waals surface area contributed by atoms with Gasteiger partial charge >= 0.3 is 5.97 Å². The third-order valence-electron chi connectivity index (χ3n) is 3.55. The van der Waals surface area contributed by atoms with Gasteiger partial charge in [-0.15, -0.1) is 0 Å². The molecule has 3 nitrogen and oxygen atoms in total. The SMILES string of the molecule is CCOC(=O)C(C)n1c(C)cc2c1CCCC2. The molecule has 17 heavy (non-hydrogen) atoms. The van der Waals surface area contributed by atoms with Crippen LogP contribution in [-0.4, -0.2) is 17.1 Å². The van der Waals surface area contributed by atoms with Crippen LogP contribution in [0.4, 0.5) is 0 Å². The summed E-state index contributed by atoms with van der Waals surface area (Å²) in [5, 5.41) is 0. The van der Waals surface area contributed by atoms with Crippen molar-refractivity contribution in [1.29, 1.82) is 0 Å². The first-order valence-corrected chi connectivity index (χ1v) is 6.51. The number of ether oxygens (including phenoxy) is 1. The van der Waals surface area contributed by atoms with E-state index < -0.39 is 0 Å². The molecule has 0 spiro atoms. The Morgan fingerprint density at radius 2 is 2.18 bits per heavy atom. The molecule has 1 unspecified atom stereocenters. The van der Waals surface area contributed by atoms with Crippen LogP contribution in [0.3, 0.4) is 0 Å². The number of esters is 1. The van der Waals surface area contributed by atoms with Crippen LogP contribution in [0.1, 0.15) is 49.7 Å². The number of hydrogen-bond donors (Lipinski definition) is 0. The van der Waals surface area contributed by atoms with Gasteiger partial charge in [0.05, 0.1) is 6.61 Å². The fourth-order valence-corrected chi connectivity index (χ4v) is 2.79. The summed E-state index contributed by atoms with van der Waals surface area (Å²) in [5.74, 6) is -0.125. The Labute approximate surface area is 103 Å². The van der Waals surface area contributed by atoms with Gasteiger partial charge in [0, 0.05) is 11.4 Å². The van der Waals surface area contributed by atoms with Gasteiger partial charge in [-0.25, -0.2) is 4.79 Å². The summed E-state index contributed by atoms with van der Waals surface area (Å²) in [6.07, 6.45) is 4.74. The summed E-state index contributed by atoms with van der Waals surface area (Å²) in [4.78, 5) is 11.8. The number of fused-ring (bicyclic) bond motifs is 1. The average Bonchev–Trinajstić information content (AvgIpc) is 2.64. The number of aryl methyl sites for hydroxylation is 2. The van der Waals surface area contributed by atoms with Crippen molar-refractivity contribution < 1.29 is 9.53 Å². The lowest BCUT2D eigenvalue weighted by Crippen LogP contribution is -2.22. The molecular weight excluding hydrogens is 214 g/mol. The third-order valence-corrected chi connectivity index (χ3v) is 3.55. The molecule has 1 aliphatic rings. The lowest BCUT2D eigenvalue weighted by Gasteiger charge is -2.21. The van der Waals surface area contributed by atoms with E-state index in [1.165, 1.54) is 29.8 Å². The fraction of sp³-hybridized carbons (Fsp3) is 0.643. The number of aromatic nitrogens is 1. The zero-order chi connectivity index (χ0) is 12.4. The van der Waals surface area contributed by atoms with Gasteiger partial charge in [-0.2, -0.15) is 0 Å². The van der Waals surface area contributed by atoms with Crippen LogP contribution >= 0.6 is 0 Å². The first-order chi connectivity index (χ1) is 8.15. The minimum absolute atomic E-state index is 0.125. The first kappa shape index (κ1) is 12.2. The monoisotopic (exact) mass is 235 g/mol. The van der Waals surface area contributed by atoms with E-state index in [1.54, 1.807) is 0 Å². The second kappa shape index (κ2) is 4.94. The Kier molecular flexibility index (Phi) is 3.55. The summed E-state index contributed by atoms with van der Waals surface area (Å²) in [7, 11) is 0. The van der Waals surface area contributed by atoms with Crippen molar-refractivity contribution in [3.05, 3.63) is 23.0 Å². The summed E-state index contributed by atoms with van der Waals surface area (Å²) in [5.41, 5.74) is 3.94. The minimum atomic E-state index is -0.197. The van der Waals surface area contributed by atoms with Gasteiger partial charge in [-0.1, -0.05) is 0 Å². The van der Waals surface area contributed by atoms with Crippen LogP contribution in [0.25, 0.3) is 0 Å². The van der Waals surface area contributed by atoms with Crippen LogP contribution in [0, 0.1) is 6.92 Å². The molecule has 0 aliphatic heterocycles. The number of rotatable bonds is 3. The smallest absolute Gasteiger partial charge is 0.328 e. The van der Waals surface area contributed by atoms with Gasteiger partial charge < -0.3 is 9.30 Å². The van der Waals surface area contributed by atoms with E-state index in [0.29, 0.717) is 6.61 Å². The van der Waals surface area contributed by atoms with Crippen molar-refractivity contribution in [2.24, 2.45) is 0 Å². The predicted molar refractivity (Wildman–Crippen MR) is 67.2 cm³/mol. The molecule has 1 aliphatic carbocycles. The molecule has 3 heteroatoms. The van der Waals surface area contributed by atoms with Gasteiger partial charge in [0.1, 0.15) is 6.04 Å². The van der Waals surface area contributed by atoms with E-state index in [4.69, 9.17) is 4.74 Å². The van der Waals surface area contributed by atoms with Crippen molar-refractivity contribution in [2.45, 2.75) is 52.5 Å². The Hall–Kier alpha value is -1.25. The molecule has 1 heterocycles. The Morgan fingerprint density at radius 3 is 2.88 bits per heavy atom. The standard InChI is InChI=1S/C14H21NO2/c1-4-17-14(16)11(3)15-10(2)9-12-7-5-6-8-13(12)15/h9,11H,4-8H2,1-3H3. The lowest BCUT2D eigenvalue weighted by molar-refractivity contribution is -0.146. The highest BCUT2D eigenvalue weighted by Crippen LogP contribution is 2.28. The van der Waals surface area contributed by atoms with Crippen molar-refractivity contribution >= 4 is 5.97 Å². The third kappa shape index (κ3) is 2.24. The van der Waals surface area contributed by atoms with Crippen LogP contribution in [0.5, 0.6) is 0 Å². The molecule has 0 N–H and O–H groups in total. The quantitative estimate of drug-likeness (QED) is 0.754. The summed E-state index contributed by atoms with van der Waals surface area (Å²) >= 11 is 0. The highest BCUT2D eigenvalue weighted by atomic mass is 16.5. The fourth-order valence-electron chi connectivity index (χ4n) is 2.79. The molecule has 1 aromatic rings.